The van der Waals surface area contributed by atoms with E-state index in [4.69, 9.17) is 0 Å². The first kappa shape index (κ1) is 11.6. The minimum absolute atomic E-state index is 0.0107. The molecule has 1 aromatic rings. The van der Waals surface area contributed by atoms with Gasteiger partial charge < -0.3 is 10.0 Å². The van der Waals surface area contributed by atoms with Gasteiger partial charge in [-0.3, -0.25) is 4.79 Å². The second kappa shape index (κ2) is 4.55. The van der Waals surface area contributed by atoms with Crippen molar-refractivity contribution in [2.75, 3.05) is 13.1 Å². The highest BCUT2D eigenvalue weighted by Gasteiger charge is 2.26. The van der Waals surface area contributed by atoms with Gasteiger partial charge in [0.05, 0.1) is 11.7 Å². The van der Waals surface area contributed by atoms with Crippen molar-refractivity contribution in [3.8, 4) is 0 Å². The number of β-amino-alcohol motifs (C(OH)–C–C–N with tert-alkyl or cyclic N) is 1. The molecule has 3 nitrogen and oxygen atoms in total. The van der Waals surface area contributed by atoms with Gasteiger partial charge in [-0.2, -0.15) is 0 Å². The molecule has 1 atom stereocenters. The van der Waals surface area contributed by atoms with Crippen LogP contribution in [0.4, 0.5) is 0 Å². The molecule has 0 aromatic heterocycles. The van der Waals surface area contributed by atoms with Gasteiger partial charge in [-0.1, -0.05) is 6.07 Å². The Morgan fingerprint density at radius 3 is 2.88 bits per heavy atom. The summed E-state index contributed by atoms with van der Waals surface area (Å²) in [7, 11) is 0. The van der Waals surface area contributed by atoms with E-state index in [1.165, 1.54) is 0 Å². The number of hydrogen-bond acceptors (Lipinski definition) is 2. The third kappa shape index (κ3) is 2.28. The molecule has 0 radical (unpaired) electrons. The minimum Gasteiger partial charge on any atom is -0.391 e. The molecule has 0 saturated carbocycles. The maximum absolute atomic E-state index is 12.1. The van der Waals surface area contributed by atoms with E-state index in [9.17, 15) is 9.90 Å². The zero-order valence-corrected chi connectivity index (χ0v) is 10.7. The molecule has 86 valence electrons. The van der Waals surface area contributed by atoms with E-state index in [2.05, 4.69) is 15.9 Å². The van der Waals surface area contributed by atoms with Crippen molar-refractivity contribution in [1.82, 2.24) is 4.90 Å². The molecule has 4 heteroatoms. The Morgan fingerprint density at radius 2 is 2.31 bits per heavy atom. The van der Waals surface area contributed by atoms with Crippen LogP contribution in [-0.2, 0) is 0 Å². The number of benzene rings is 1. The standard InChI is InChI=1S/C12H14BrNO2/c1-8-2-3-10(11(13)6-8)12(16)14-5-4-9(15)7-14/h2-3,6,9,15H,4-5,7H2,1H3. The summed E-state index contributed by atoms with van der Waals surface area (Å²) in [4.78, 5) is 13.8. The van der Waals surface area contributed by atoms with Gasteiger partial charge in [0.1, 0.15) is 0 Å². The van der Waals surface area contributed by atoms with Crippen LogP contribution in [0, 0.1) is 6.92 Å². The van der Waals surface area contributed by atoms with Crippen LogP contribution >= 0.6 is 15.9 Å². The summed E-state index contributed by atoms with van der Waals surface area (Å²) < 4.78 is 0.818. The Labute approximate surface area is 103 Å². The molecule has 16 heavy (non-hydrogen) atoms. The van der Waals surface area contributed by atoms with E-state index in [-0.39, 0.29) is 12.0 Å². The first-order valence-electron chi connectivity index (χ1n) is 5.31. The van der Waals surface area contributed by atoms with Gasteiger partial charge in [-0.05, 0) is 47.0 Å². The van der Waals surface area contributed by atoms with E-state index in [1.54, 1.807) is 4.90 Å². The van der Waals surface area contributed by atoms with Crippen LogP contribution in [0.25, 0.3) is 0 Å². The van der Waals surface area contributed by atoms with Gasteiger partial charge in [0.15, 0.2) is 0 Å². The van der Waals surface area contributed by atoms with Crippen LogP contribution in [0.2, 0.25) is 0 Å². The molecule has 1 amide bonds. The maximum atomic E-state index is 12.1. The van der Waals surface area contributed by atoms with Gasteiger partial charge in [0.2, 0.25) is 0 Å². The predicted octanol–water partition coefficient (Wildman–Crippen LogP) is 1.96. The SMILES string of the molecule is Cc1ccc(C(=O)N2CCC(O)C2)c(Br)c1. The van der Waals surface area contributed by atoms with E-state index in [0.29, 0.717) is 25.1 Å². The Bertz CT molecular complexity index is 419. The molecule has 0 spiro atoms. The molecular formula is C12H14BrNO2. The maximum Gasteiger partial charge on any atom is 0.255 e. The summed E-state index contributed by atoms with van der Waals surface area (Å²) in [5.41, 5.74) is 1.78. The highest BCUT2D eigenvalue weighted by molar-refractivity contribution is 9.10. The average molecular weight is 284 g/mol. The normalized spacial score (nSPS) is 20.2. The Morgan fingerprint density at radius 1 is 1.56 bits per heavy atom. The summed E-state index contributed by atoms with van der Waals surface area (Å²) in [6.45, 7) is 3.07. The Balaban J connectivity index is 2.21. The third-order valence-corrected chi connectivity index (χ3v) is 3.46. The lowest BCUT2D eigenvalue weighted by molar-refractivity contribution is 0.0764. The van der Waals surface area contributed by atoms with Gasteiger partial charge in [0, 0.05) is 17.6 Å². The van der Waals surface area contributed by atoms with Gasteiger partial charge in [-0.15, -0.1) is 0 Å². The largest absolute Gasteiger partial charge is 0.391 e. The second-order valence-electron chi connectivity index (χ2n) is 4.18. The molecule has 1 unspecified atom stereocenters. The predicted molar refractivity (Wildman–Crippen MR) is 65.4 cm³/mol. The molecule has 1 aliphatic heterocycles. The molecule has 0 aliphatic carbocycles. The van der Waals surface area contributed by atoms with Crippen LogP contribution in [0.1, 0.15) is 22.3 Å². The van der Waals surface area contributed by atoms with Crippen molar-refractivity contribution >= 4 is 21.8 Å². The number of likely N-dealkylation sites (tertiary alicyclic amines) is 1. The van der Waals surface area contributed by atoms with E-state index in [0.717, 1.165) is 10.0 Å². The van der Waals surface area contributed by atoms with Crippen molar-refractivity contribution in [2.45, 2.75) is 19.4 Å². The number of nitrogens with zero attached hydrogens (tertiary/aromatic N) is 1. The number of rotatable bonds is 1. The second-order valence-corrected chi connectivity index (χ2v) is 5.03. The van der Waals surface area contributed by atoms with Crippen LogP contribution in [-0.4, -0.2) is 35.1 Å². The smallest absolute Gasteiger partial charge is 0.255 e. The monoisotopic (exact) mass is 283 g/mol. The van der Waals surface area contributed by atoms with Crippen molar-refractivity contribution in [1.29, 1.82) is 0 Å². The van der Waals surface area contributed by atoms with Gasteiger partial charge >= 0.3 is 0 Å². The highest BCUT2D eigenvalue weighted by Crippen LogP contribution is 2.22. The molecular weight excluding hydrogens is 270 g/mol. The average Bonchev–Trinajstić information content (AvgIpc) is 2.64. The Kier molecular flexibility index (Phi) is 3.30. The molecule has 1 heterocycles. The lowest BCUT2D eigenvalue weighted by Crippen LogP contribution is -2.29. The van der Waals surface area contributed by atoms with E-state index in [1.807, 2.05) is 25.1 Å². The quantitative estimate of drug-likeness (QED) is 0.856. The number of hydrogen-bond donors (Lipinski definition) is 1. The number of aliphatic hydroxyl groups is 1. The molecule has 0 bridgehead atoms. The van der Waals surface area contributed by atoms with E-state index >= 15 is 0 Å². The fourth-order valence-electron chi connectivity index (χ4n) is 1.89. The third-order valence-electron chi connectivity index (χ3n) is 2.81. The number of aryl methyl sites for hydroxylation is 1. The summed E-state index contributed by atoms with van der Waals surface area (Å²) in [6, 6.07) is 5.68. The van der Waals surface area contributed by atoms with Gasteiger partial charge in [-0.25, -0.2) is 0 Å². The zero-order valence-electron chi connectivity index (χ0n) is 9.11. The number of halogens is 1. The van der Waals surface area contributed by atoms with Crippen LogP contribution in [0.5, 0.6) is 0 Å². The summed E-state index contributed by atoms with van der Waals surface area (Å²) >= 11 is 3.40. The van der Waals surface area contributed by atoms with Crippen LogP contribution < -0.4 is 0 Å². The van der Waals surface area contributed by atoms with Crippen molar-refractivity contribution < 1.29 is 9.90 Å². The number of aliphatic hydroxyl groups excluding tert-OH is 1. The summed E-state index contributed by atoms with van der Waals surface area (Å²) in [5, 5.41) is 9.40. The summed E-state index contributed by atoms with van der Waals surface area (Å²) in [5.74, 6) is -0.0107. The fourth-order valence-corrected chi connectivity index (χ4v) is 2.55. The minimum atomic E-state index is -0.367. The lowest BCUT2D eigenvalue weighted by Gasteiger charge is -2.16. The zero-order chi connectivity index (χ0) is 11.7. The molecule has 1 N–H and O–H groups in total. The number of amides is 1. The topological polar surface area (TPSA) is 40.5 Å². The fraction of sp³-hybridized carbons (Fsp3) is 0.417. The van der Waals surface area contributed by atoms with E-state index < -0.39 is 0 Å². The molecule has 1 aromatic carbocycles. The lowest BCUT2D eigenvalue weighted by atomic mass is 10.1. The molecule has 1 fully saturated rings. The van der Waals surface area contributed by atoms with Crippen LogP contribution in [0.15, 0.2) is 22.7 Å². The molecule has 2 rings (SSSR count). The Hall–Kier alpha value is -0.870. The van der Waals surface area contributed by atoms with Crippen molar-refractivity contribution in [3.05, 3.63) is 33.8 Å². The van der Waals surface area contributed by atoms with Crippen LogP contribution in [0.3, 0.4) is 0 Å². The number of carbonyl (C=O) groups is 1. The molecule has 1 aliphatic rings. The summed E-state index contributed by atoms with van der Waals surface area (Å²) in [6.07, 6.45) is 0.308. The first-order valence-corrected chi connectivity index (χ1v) is 6.10. The van der Waals surface area contributed by atoms with Crippen molar-refractivity contribution in [2.24, 2.45) is 0 Å². The van der Waals surface area contributed by atoms with Gasteiger partial charge in [0.25, 0.3) is 5.91 Å². The first-order chi connectivity index (χ1) is 7.58. The van der Waals surface area contributed by atoms with Crippen molar-refractivity contribution in [3.63, 3.8) is 0 Å². The number of carbonyl (C=O) groups excluding carboxylic acids is 1. The highest BCUT2D eigenvalue weighted by atomic mass is 79.9. The molecule has 1 saturated heterocycles.